The summed E-state index contributed by atoms with van der Waals surface area (Å²) in [5.41, 5.74) is 3.75. The van der Waals surface area contributed by atoms with Gasteiger partial charge < -0.3 is 18.7 Å². The van der Waals surface area contributed by atoms with Crippen LogP contribution in [0, 0.1) is 6.92 Å². The fraction of sp³-hybridized carbons (Fsp3) is 0.478. The maximum atomic E-state index is 6.07. The standard InChI is InChI=1S/C23H29N5O4/c1-15(2)31-20-6-5-17(9-18(20)13-29-4)11-28-7-8-30-21(12-28)22-19(10-24-14-25-22)23-26-16(3)32-27-23/h5-6,9-10,14-15,21H,7-8,11-13H2,1-4H3/t21-/m1/s1. The van der Waals surface area contributed by atoms with Crippen molar-refractivity contribution >= 4 is 0 Å². The van der Waals surface area contributed by atoms with Crippen molar-refractivity contribution in [3.05, 3.63) is 53.4 Å². The molecule has 9 nitrogen and oxygen atoms in total. The number of benzene rings is 1. The molecular formula is C23H29N5O4. The zero-order valence-electron chi connectivity index (χ0n) is 18.9. The molecule has 1 aromatic carbocycles. The van der Waals surface area contributed by atoms with Gasteiger partial charge in [0, 0.05) is 45.4 Å². The molecule has 0 radical (unpaired) electrons. The van der Waals surface area contributed by atoms with Gasteiger partial charge in [-0.2, -0.15) is 4.98 Å². The average molecular weight is 440 g/mol. The molecule has 0 amide bonds. The Labute approximate surface area is 187 Å². The van der Waals surface area contributed by atoms with Gasteiger partial charge in [-0.25, -0.2) is 9.97 Å². The van der Waals surface area contributed by atoms with Gasteiger partial charge in [-0.1, -0.05) is 11.2 Å². The molecule has 1 atom stereocenters. The molecule has 0 unspecified atom stereocenters. The van der Waals surface area contributed by atoms with E-state index >= 15 is 0 Å². The molecule has 1 aliphatic rings. The number of morpholine rings is 1. The smallest absolute Gasteiger partial charge is 0.223 e. The van der Waals surface area contributed by atoms with Crippen LogP contribution in [0.15, 0.2) is 35.2 Å². The van der Waals surface area contributed by atoms with Crippen LogP contribution in [0.5, 0.6) is 5.75 Å². The molecule has 3 aromatic rings. The summed E-state index contributed by atoms with van der Waals surface area (Å²) in [6.45, 7) is 9.25. The maximum Gasteiger partial charge on any atom is 0.223 e. The van der Waals surface area contributed by atoms with E-state index in [0.29, 0.717) is 31.5 Å². The Bertz CT molecular complexity index is 1040. The van der Waals surface area contributed by atoms with Crippen LogP contribution in [-0.4, -0.2) is 57.9 Å². The number of hydrogen-bond acceptors (Lipinski definition) is 9. The fourth-order valence-electron chi connectivity index (χ4n) is 3.81. The van der Waals surface area contributed by atoms with E-state index in [1.54, 1.807) is 20.2 Å². The first-order valence-electron chi connectivity index (χ1n) is 10.8. The van der Waals surface area contributed by atoms with E-state index in [1.807, 2.05) is 19.9 Å². The third-order valence-electron chi connectivity index (χ3n) is 5.16. The summed E-state index contributed by atoms with van der Waals surface area (Å²) in [6.07, 6.45) is 3.14. The number of aromatic nitrogens is 4. The highest BCUT2D eigenvalue weighted by molar-refractivity contribution is 5.56. The van der Waals surface area contributed by atoms with E-state index in [2.05, 4.69) is 37.1 Å². The topological polar surface area (TPSA) is 95.6 Å². The Hall–Kier alpha value is -2.88. The first-order chi connectivity index (χ1) is 15.5. The minimum atomic E-state index is -0.206. The van der Waals surface area contributed by atoms with E-state index in [4.69, 9.17) is 18.7 Å². The Morgan fingerprint density at radius 2 is 2.16 bits per heavy atom. The minimum Gasteiger partial charge on any atom is -0.491 e. The van der Waals surface area contributed by atoms with Gasteiger partial charge >= 0.3 is 0 Å². The van der Waals surface area contributed by atoms with Crippen molar-refractivity contribution in [2.24, 2.45) is 0 Å². The van der Waals surface area contributed by atoms with Gasteiger partial charge in [-0.3, -0.25) is 4.90 Å². The summed E-state index contributed by atoms with van der Waals surface area (Å²) in [5.74, 6) is 1.84. The molecule has 32 heavy (non-hydrogen) atoms. The molecule has 3 heterocycles. The van der Waals surface area contributed by atoms with Gasteiger partial charge in [0.15, 0.2) is 0 Å². The van der Waals surface area contributed by atoms with Gasteiger partial charge in [0.25, 0.3) is 0 Å². The van der Waals surface area contributed by atoms with Gasteiger partial charge in [0.2, 0.25) is 11.7 Å². The Balaban J connectivity index is 1.50. The lowest BCUT2D eigenvalue weighted by Crippen LogP contribution is -2.38. The average Bonchev–Trinajstić information content (AvgIpc) is 3.22. The van der Waals surface area contributed by atoms with Crippen molar-refractivity contribution in [3.8, 4) is 17.1 Å². The van der Waals surface area contributed by atoms with Crippen molar-refractivity contribution in [3.63, 3.8) is 0 Å². The third kappa shape index (κ3) is 5.29. The van der Waals surface area contributed by atoms with E-state index in [1.165, 1.54) is 11.9 Å². The highest BCUT2D eigenvalue weighted by atomic mass is 16.5. The lowest BCUT2D eigenvalue weighted by atomic mass is 10.1. The molecule has 9 heteroatoms. The summed E-state index contributed by atoms with van der Waals surface area (Å²) < 4.78 is 22.5. The summed E-state index contributed by atoms with van der Waals surface area (Å²) in [7, 11) is 1.70. The fourth-order valence-corrected chi connectivity index (χ4v) is 3.81. The highest BCUT2D eigenvalue weighted by Gasteiger charge is 2.27. The van der Waals surface area contributed by atoms with E-state index < -0.39 is 0 Å². The van der Waals surface area contributed by atoms with Gasteiger partial charge in [0.1, 0.15) is 18.2 Å². The van der Waals surface area contributed by atoms with Crippen molar-refractivity contribution in [1.82, 2.24) is 25.0 Å². The number of rotatable bonds is 8. The Morgan fingerprint density at radius 1 is 1.28 bits per heavy atom. The van der Waals surface area contributed by atoms with Crippen LogP contribution < -0.4 is 4.74 Å². The van der Waals surface area contributed by atoms with Crippen LogP contribution in [0.25, 0.3) is 11.4 Å². The van der Waals surface area contributed by atoms with Crippen molar-refractivity contribution in [2.75, 3.05) is 26.8 Å². The quantitative estimate of drug-likeness (QED) is 0.523. The number of methoxy groups -OCH3 is 1. The molecule has 2 aromatic heterocycles. The van der Waals surface area contributed by atoms with Crippen LogP contribution in [-0.2, 0) is 22.6 Å². The Morgan fingerprint density at radius 3 is 2.91 bits per heavy atom. The van der Waals surface area contributed by atoms with Gasteiger partial charge in [0.05, 0.1) is 30.6 Å². The zero-order valence-corrected chi connectivity index (χ0v) is 18.9. The summed E-state index contributed by atoms with van der Waals surface area (Å²) in [4.78, 5) is 15.3. The largest absolute Gasteiger partial charge is 0.491 e. The number of aryl methyl sites for hydroxylation is 1. The molecule has 0 aliphatic carbocycles. The second-order valence-electron chi connectivity index (χ2n) is 8.09. The molecular weight excluding hydrogens is 410 g/mol. The molecule has 170 valence electrons. The molecule has 0 bridgehead atoms. The second kappa shape index (κ2) is 10.2. The van der Waals surface area contributed by atoms with E-state index in [-0.39, 0.29) is 12.2 Å². The van der Waals surface area contributed by atoms with Crippen molar-refractivity contribution in [2.45, 2.75) is 46.1 Å². The third-order valence-corrected chi connectivity index (χ3v) is 5.16. The van der Waals surface area contributed by atoms with Crippen LogP contribution in [0.3, 0.4) is 0 Å². The zero-order chi connectivity index (χ0) is 22.5. The molecule has 1 aliphatic heterocycles. The van der Waals surface area contributed by atoms with Crippen LogP contribution in [0.2, 0.25) is 0 Å². The van der Waals surface area contributed by atoms with Crippen LogP contribution in [0.1, 0.15) is 42.7 Å². The predicted octanol–water partition coefficient (Wildman–Crippen LogP) is 3.34. The van der Waals surface area contributed by atoms with E-state index in [9.17, 15) is 0 Å². The molecule has 0 N–H and O–H groups in total. The molecule has 0 spiro atoms. The van der Waals surface area contributed by atoms with Gasteiger partial charge in [-0.05, 0) is 31.5 Å². The second-order valence-corrected chi connectivity index (χ2v) is 8.09. The van der Waals surface area contributed by atoms with Crippen molar-refractivity contribution < 1.29 is 18.7 Å². The maximum absolute atomic E-state index is 6.07. The number of ether oxygens (including phenoxy) is 3. The summed E-state index contributed by atoms with van der Waals surface area (Å²) in [6, 6.07) is 6.30. The monoisotopic (exact) mass is 439 g/mol. The number of hydrogen-bond donors (Lipinski definition) is 0. The molecule has 4 rings (SSSR count). The van der Waals surface area contributed by atoms with Crippen LogP contribution >= 0.6 is 0 Å². The lowest BCUT2D eigenvalue weighted by Gasteiger charge is -2.33. The van der Waals surface area contributed by atoms with E-state index in [0.717, 1.165) is 35.7 Å². The lowest BCUT2D eigenvalue weighted by molar-refractivity contribution is -0.0347. The van der Waals surface area contributed by atoms with Gasteiger partial charge in [-0.15, -0.1) is 0 Å². The highest BCUT2D eigenvalue weighted by Crippen LogP contribution is 2.29. The van der Waals surface area contributed by atoms with Crippen molar-refractivity contribution in [1.29, 1.82) is 0 Å². The summed E-state index contributed by atoms with van der Waals surface area (Å²) in [5, 5.41) is 4.03. The normalized spacial score (nSPS) is 17.1. The molecule has 1 fully saturated rings. The molecule has 0 saturated carbocycles. The first kappa shape index (κ1) is 22.3. The molecule has 1 saturated heterocycles. The Kier molecular flexibility index (Phi) is 7.09. The van der Waals surface area contributed by atoms with Crippen LogP contribution in [0.4, 0.5) is 0 Å². The first-order valence-corrected chi connectivity index (χ1v) is 10.8. The minimum absolute atomic E-state index is 0.113. The number of nitrogens with zero attached hydrogens (tertiary/aromatic N) is 5. The SMILES string of the molecule is COCc1cc(CN2CCO[C@@H](c3ncncc3-c3noc(C)n3)C2)ccc1OC(C)C. The predicted molar refractivity (Wildman–Crippen MR) is 117 cm³/mol. The summed E-state index contributed by atoms with van der Waals surface area (Å²) >= 11 is 0.